The Bertz CT molecular complexity index is 381. The van der Waals surface area contributed by atoms with Crippen molar-refractivity contribution in [3.8, 4) is 0 Å². The van der Waals surface area contributed by atoms with Crippen LogP contribution in [-0.4, -0.2) is 6.54 Å². The van der Waals surface area contributed by atoms with E-state index in [-0.39, 0.29) is 0 Å². The molecule has 0 aliphatic heterocycles. The van der Waals surface area contributed by atoms with E-state index in [0.29, 0.717) is 0 Å². The second-order valence-corrected chi connectivity index (χ2v) is 7.00. The Morgan fingerprint density at radius 2 is 1.48 bits per heavy atom. The Balaban J connectivity index is 1.91. The van der Waals surface area contributed by atoms with Gasteiger partial charge in [-0.05, 0) is 40.5 Å². The minimum Gasteiger partial charge on any atom is -0.385 e. The standard InChI is InChI=1S/C18H29BrClN/c1-2-3-4-5-6-7-8-9-10-11-14-21-16-12-13-17(19)18(20)15-16/h12-13,15,21H,2-11,14H2,1H3. The molecule has 0 aliphatic carbocycles. The molecule has 0 atom stereocenters. The maximum Gasteiger partial charge on any atom is 0.0568 e. The molecule has 0 aliphatic rings. The Labute approximate surface area is 144 Å². The number of unbranched alkanes of at least 4 members (excludes halogenated alkanes) is 9. The lowest BCUT2D eigenvalue weighted by Gasteiger charge is -2.07. The zero-order valence-corrected chi connectivity index (χ0v) is 15.6. The molecule has 21 heavy (non-hydrogen) atoms. The molecule has 1 rings (SSSR count). The fourth-order valence-corrected chi connectivity index (χ4v) is 2.88. The largest absolute Gasteiger partial charge is 0.385 e. The van der Waals surface area contributed by atoms with Gasteiger partial charge in [-0.1, -0.05) is 76.3 Å². The van der Waals surface area contributed by atoms with Crippen molar-refractivity contribution in [2.24, 2.45) is 0 Å². The fraction of sp³-hybridized carbons (Fsp3) is 0.667. The summed E-state index contributed by atoms with van der Waals surface area (Å²) in [6.07, 6.45) is 13.8. The van der Waals surface area contributed by atoms with Crippen LogP contribution in [0, 0.1) is 0 Å². The lowest BCUT2D eigenvalue weighted by atomic mass is 10.1. The summed E-state index contributed by atoms with van der Waals surface area (Å²) in [7, 11) is 0. The molecule has 1 aromatic rings. The lowest BCUT2D eigenvalue weighted by molar-refractivity contribution is 0.560. The van der Waals surface area contributed by atoms with Gasteiger partial charge in [0.15, 0.2) is 0 Å². The summed E-state index contributed by atoms with van der Waals surface area (Å²) < 4.78 is 0.952. The highest BCUT2D eigenvalue weighted by Crippen LogP contribution is 2.25. The molecular formula is C18H29BrClN. The normalized spacial score (nSPS) is 10.8. The number of hydrogen-bond donors (Lipinski definition) is 1. The van der Waals surface area contributed by atoms with Gasteiger partial charge >= 0.3 is 0 Å². The van der Waals surface area contributed by atoms with E-state index in [0.717, 1.165) is 21.7 Å². The van der Waals surface area contributed by atoms with E-state index in [1.807, 2.05) is 12.1 Å². The molecule has 1 aromatic carbocycles. The third-order valence-corrected chi connectivity index (χ3v) is 5.01. The van der Waals surface area contributed by atoms with Crippen LogP contribution in [0.1, 0.15) is 71.1 Å². The van der Waals surface area contributed by atoms with Gasteiger partial charge in [0.05, 0.1) is 5.02 Å². The molecule has 120 valence electrons. The average molecular weight is 375 g/mol. The van der Waals surface area contributed by atoms with Gasteiger partial charge in [-0.25, -0.2) is 0 Å². The molecule has 3 heteroatoms. The maximum absolute atomic E-state index is 6.07. The Kier molecular flexibility index (Phi) is 11.1. The van der Waals surface area contributed by atoms with Crippen molar-refractivity contribution in [1.29, 1.82) is 0 Å². The lowest BCUT2D eigenvalue weighted by Crippen LogP contribution is -2.01. The van der Waals surface area contributed by atoms with Crippen molar-refractivity contribution in [1.82, 2.24) is 0 Å². The second-order valence-electron chi connectivity index (χ2n) is 5.74. The van der Waals surface area contributed by atoms with Crippen LogP contribution in [0.25, 0.3) is 0 Å². The number of halogens is 2. The first kappa shape index (κ1) is 18.8. The van der Waals surface area contributed by atoms with E-state index >= 15 is 0 Å². The summed E-state index contributed by atoms with van der Waals surface area (Å²) >= 11 is 9.48. The predicted octanol–water partition coefficient (Wildman–Crippen LogP) is 7.44. The first-order valence-corrected chi connectivity index (χ1v) is 9.60. The van der Waals surface area contributed by atoms with E-state index in [2.05, 4.69) is 34.2 Å². The summed E-state index contributed by atoms with van der Waals surface area (Å²) in [4.78, 5) is 0. The van der Waals surface area contributed by atoms with Crippen molar-refractivity contribution in [3.05, 3.63) is 27.7 Å². The van der Waals surface area contributed by atoms with Gasteiger partial charge in [-0.3, -0.25) is 0 Å². The van der Waals surface area contributed by atoms with E-state index in [1.54, 1.807) is 0 Å². The van der Waals surface area contributed by atoms with Gasteiger partial charge in [-0.15, -0.1) is 0 Å². The molecule has 0 fully saturated rings. The number of hydrogen-bond acceptors (Lipinski definition) is 1. The summed E-state index contributed by atoms with van der Waals surface area (Å²) in [6, 6.07) is 6.03. The van der Waals surface area contributed by atoms with Crippen molar-refractivity contribution in [3.63, 3.8) is 0 Å². The number of anilines is 1. The van der Waals surface area contributed by atoms with Crippen LogP contribution in [0.15, 0.2) is 22.7 Å². The van der Waals surface area contributed by atoms with E-state index in [1.165, 1.54) is 64.2 Å². The molecular weight excluding hydrogens is 346 g/mol. The SMILES string of the molecule is CCCCCCCCCCCCNc1ccc(Br)c(Cl)c1. The smallest absolute Gasteiger partial charge is 0.0568 e. The molecule has 1 N–H and O–H groups in total. The Morgan fingerprint density at radius 3 is 2.05 bits per heavy atom. The zero-order chi connectivity index (χ0) is 15.3. The van der Waals surface area contributed by atoms with Gasteiger partial charge in [0.1, 0.15) is 0 Å². The van der Waals surface area contributed by atoms with Crippen molar-refractivity contribution in [2.75, 3.05) is 11.9 Å². The van der Waals surface area contributed by atoms with Crippen LogP contribution >= 0.6 is 27.5 Å². The van der Waals surface area contributed by atoms with Crippen LogP contribution in [0.3, 0.4) is 0 Å². The van der Waals surface area contributed by atoms with Crippen molar-refractivity contribution < 1.29 is 0 Å². The molecule has 0 saturated heterocycles. The van der Waals surface area contributed by atoms with Gasteiger partial charge in [-0.2, -0.15) is 0 Å². The molecule has 0 amide bonds. The molecule has 0 radical (unpaired) electrons. The minimum atomic E-state index is 0.767. The summed E-state index contributed by atoms with van der Waals surface area (Å²) in [5.41, 5.74) is 1.11. The third kappa shape index (κ3) is 9.42. The van der Waals surface area contributed by atoms with E-state index in [4.69, 9.17) is 11.6 Å². The molecule has 0 heterocycles. The quantitative estimate of drug-likeness (QED) is 0.375. The van der Waals surface area contributed by atoms with Gasteiger partial charge in [0, 0.05) is 16.7 Å². The molecule has 1 nitrogen and oxygen atoms in total. The molecule has 0 unspecified atom stereocenters. The van der Waals surface area contributed by atoms with Crippen molar-refractivity contribution >= 4 is 33.2 Å². The predicted molar refractivity (Wildman–Crippen MR) is 99.5 cm³/mol. The van der Waals surface area contributed by atoms with Crippen LogP contribution < -0.4 is 5.32 Å². The van der Waals surface area contributed by atoms with Crippen LogP contribution in [0.4, 0.5) is 5.69 Å². The number of rotatable bonds is 12. The summed E-state index contributed by atoms with van der Waals surface area (Å²) in [5, 5.41) is 4.20. The summed E-state index contributed by atoms with van der Waals surface area (Å²) in [5.74, 6) is 0. The number of nitrogens with one attached hydrogen (secondary N) is 1. The highest BCUT2D eigenvalue weighted by Gasteiger charge is 1.98. The molecule has 0 spiro atoms. The number of benzene rings is 1. The third-order valence-electron chi connectivity index (χ3n) is 3.78. The van der Waals surface area contributed by atoms with Gasteiger partial charge in [0.25, 0.3) is 0 Å². The highest BCUT2D eigenvalue weighted by molar-refractivity contribution is 9.10. The second kappa shape index (κ2) is 12.3. The van der Waals surface area contributed by atoms with Crippen LogP contribution in [0.2, 0.25) is 5.02 Å². The average Bonchev–Trinajstić information content (AvgIpc) is 2.48. The Morgan fingerprint density at radius 1 is 0.905 bits per heavy atom. The highest BCUT2D eigenvalue weighted by atomic mass is 79.9. The summed E-state index contributed by atoms with van der Waals surface area (Å²) in [6.45, 7) is 3.31. The maximum atomic E-state index is 6.07. The molecule has 0 bridgehead atoms. The van der Waals surface area contributed by atoms with Gasteiger partial charge < -0.3 is 5.32 Å². The zero-order valence-electron chi connectivity index (χ0n) is 13.3. The Hall–Kier alpha value is -0.210. The molecule has 0 aromatic heterocycles. The van der Waals surface area contributed by atoms with Gasteiger partial charge in [0.2, 0.25) is 0 Å². The minimum absolute atomic E-state index is 0.767. The van der Waals surface area contributed by atoms with E-state index in [9.17, 15) is 0 Å². The topological polar surface area (TPSA) is 12.0 Å². The first-order chi connectivity index (χ1) is 10.2. The van der Waals surface area contributed by atoms with Crippen LogP contribution in [0.5, 0.6) is 0 Å². The monoisotopic (exact) mass is 373 g/mol. The first-order valence-electron chi connectivity index (χ1n) is 8.43. The van der Waals surface area contributed by atoms with E-state index < -0.39 is 0 Å². The molecule has 0 saturated carbocycles. The van der Waals surface area contributed by atoms with Crippen LogP contribution in [-0.2, 0) is 0 Å². The fourth-order valence-electron chi connectivity index (χ4n) is 2.45. The van der Waals surface area contributed by atoms with Crippen molar-refractivity contribution in [2.45, 2.75) is 71.1 Å².